The van der Waals surface area contributed by atoms with Crippen LogP contribution in [-0.4, -0.2) is 44.9 Å². The van der Waals surface area contributed by atoms with Crippen LogP contribution in [0.5, 0.6) is 5.75 Å². The minimum atomic E-state index is -0.688. The smallest absolute Gasteiger partial charge is 0.295 e. The normalized spacial score (nSPS) is 17.7. The van der Waals surface area contributed by atoms with Crippen LogP contribution in [0.15, 0.2) is 77.3 Å². The summed E-state index contributed by atoms with van der Waals surface area (Å²) in [5, 5.41) is 11.1. The van der Waals surface area contributed by atoms with E-state index in [2.05, 4.69) is 20.9 Å². The largest absolute Gasteiger partial charge is 0.507 e. The van der Waals surface area contributed by atoms with Crippen LogP contribution in [-0.2, 0) is 16.1 Å². The van der Waals surface area contributed by atoms with Gasteiger partial charge < -0.3 is 19.3 Å². The van der Waals surface area contributed by atoms with E-state index in [-0.39, 0.29) is 11.3 Å². The van der Waals surface area contributed by atoms with Crippen LogP contribution >= 0.6 is 15.9 Å². The summed E-state index contributed by atoms with van der Waals surface area (Å²) in [7, 11) is 1.57. The molecule has 4 rings (SSSR count). The number of rotatable bonds is 7. The number of aromatic nitrogens is 2. The van der Waals surface area contributed by atoms with Gasteiger partial charge in [0, 0.05) is 35.5 Å². The third-order valence-corrected chi connectivity index (χ3v) is 5.99. The molecule has 0 bridgehead atoms. The first-order valence-corrected chi connectivity index (χ1v) is 10.9. The van der Waals surface area contributed by atoms with Crippen molar-refractivity contribution in [3.8, 4) is 5.75 Å². The summed E-state index contributed by atoms with van der Waals surface area (Å²) >= 11 is 3.37. The summed E-state index contributed by atoms with van der Waals surface area (Å²) < 4.78 is 8.01. The molecule has 2 aromatic carbocycles. The molecule has 1 N–H and O–H groups in total. The van der Waals surface area contributed by atoms with Gasteiger partial charge in [-0.1, -0.05) is 40.2 Å². The highest BCUT2D eigenvalue weighted by Crippen LogP contribution is 2.40. The number of halogens is 1. The molecule has 8 heteroatoms. The van der Waals surface area contributed by atoms with E-state index in [1.54, 1.807) is 56.0 Å². The predicted octanol–water partition coefficient (Wildman–Crippen LogP) is 4.17. The van der Waals surface area contributed by atoms with Gasteiger partial charge in [0.2, 0.25) is 0 Å². The van der Waals surface area contributed by atoms with Gasteiger partial charge in [0.1, 0.15) is 11.5 Å². The number of ketones is 1. The monoisotopic (exact) mass is 495 g/mol. The molecule has 7 nitrogen and oxygen atoms in total. The lowest BCUT2D eigenvalue weighted by molar-refractivity contribution is -0.139. The topological polar surface area (TPSA) is 84.7 Å². The Bertz CT molecular complexity index is 1140. The molecule has 0 spiro atoms. The minimum Gasteiger partial charge on any atom is -0.507 e. The van der Waals surface area contributed by atoms with Crippen LogP contribution < -0.4 is 4.74 Å². The number of carbonyl (C=O) groups excluding carboxylic acids is 2. The minimum absolute atomic E-state index is 0.0881. The highest BCUT2D eigenvalue weighted by atomic mass is 79.9. The molecule has 32 heavy (non-hydrogen) atoms. The number of hydrogen-bond acceptors (Lipinski definition) is 5. The van der Waals surface area contributed by atoms with Crippen molar-refractivity contribution < 1.29 is 19.4 Å². The van der Waals surface area contributed by atoms with Gasteiger partial charge in [0.05, 0.1) is 25.1 Å². The van der Waals surface area contributed by atoms with Crippen molar-refractivity contribution in [2.24, 2.45) is 0 Å². The van der Waals surface area contributed by atoms with Gasteiger partial charge in [0.15, 0.2) is 0 Å². The van der Waals surface area contributed by atoms with Gasteiger partial charge in [-0.15, -0.1) is 0 Å². The summed E-state index contributed by atoms with van der Waals surface area (Å²) in [5.41, 5.74) is 1.29. The van der Waals surface area contributed by atoms with Gasteiger partial charge in [-0.25, -0.2) is 4.98 Å². The number of aliphatic hydroxyl groups is 1. The number of Topliss-reactive ketones (excluding diaryl/α,β-unsaturated/α-hetero) is 1. The van der Waals surface area contributed by atoms with E-state index in [0.717, 1.165) is 10.0 Å². The van der Waals surface area contributed by atoms with E-state index in [0.29, 0.717) is 30.8 Å². The second-order valence-electron chi connectivity index (χ2n) is 7.43. The summed E-state index contributed by atoms with van der Waals surface area (Å²) in [6, 6.07) is 13.5. The van der Waals surface area contributed by atoms with E-state index in [1.165, 1.54) is 4.90 Å². The molecular formula is C24H22BrN3O4. The number of hydrogen-bond donors (Lipinski definition) is 1. The summed E-state index contributed by atoms with van der Waals surface area (Å²) in [4.78, 5) is 31.6. The highest BCUT2D eigenvalue weighted by molar-refractivity contribution is 9.10. The van der Waals surface area contributed by atoms with Gasteiger partial charge in [-0.05, 0) is 36.2 Å². The molecule has 0 saturated carbocycles. The number of carbonyl (C=O) groups is 2. The first-order chi connectivity index (χ1) is 15.5. The van der Waals surface area contributed by atoms with Gasteiger partial charge in [-0.2, -0.15) is 0 Å². The van der Waals surface area contributed by atoms with Gasteiger partial charge in [-0.3, -0.25) is 9.59 Å². The number of imidazole rings is 1. The Morgan fingerprint density at radius 2 is 1.81 bits per heavy atom. The Kier molecular flexibility index (Phi) is 6.41. The molecule has 1 aliphatic rings. The maximum absolute atomic E-state index is 13.0. The first-order valence-electron chi connectivity index (χ1n) is 10.1. The third kappa shape index (κ3) is 4.31. The van der Waals surface area contributed by atoms with Crippen LogP contribution in [0, 0.1) is 0 Å². The zero-order chi connectivity index (χ0) is 22.7. The number of amides is 1. The van der Waals surface area contributed by atoms with Crippen LogP contribution in [0.2, 0.25) is 0 Å². The lowest BCUT2D eigenvalue weighted by Gasteiger charge is -2.25. The van der Waals surface area contributed by atoms with Crippen molar-refractivity contribution in [3.63, 3.8) is 0 Å². The van der Waals surface area contributed by atoms with Gasteiger partial charge in [0.25, 0.3) is 11.7 Å². The van der Waals surface area contributed by atoms with Crippen molar-refractivity contribution in [2.75, 3.05) is 13.7 Å². The Morgan fingerprint density at radius 3 is 2.44 bits per heavy atom. The van der Waals surface area contributed by atoms with Crippen LogP contribution in [0.25, 0.3) is 5.76 Å². The van der Waals surface area contributed by atoms with Crippen LogP contribution in [0.4, 0.5) is 0 Å². The molecular weight excluding hydrogens is 474 g/mol. The Labute approximate surface area is 194 Å². The standard InChI is InChI=1S/C24H22BrN3O4/c1-32-19-9-5-16(6-10-19)21-20(22(29)17-3-7-18(25)8-4-17)23(30)24(31)28(21)13-2-12-27-14-11-26-15-27/h3-11,14-15,21,29H,2,12-13H2,1H3/b22-20+. The molecule has 1 amide bonds. The quantitative estimate of drug-likeness (QED) is 0.302. The van der Waals surface area contributed by atoms with Gasteiger partial charge >= 0.3 is 0 Å². The number of ether oxygens (including phenoxy) is 1. The Balaban J connectivity index is 1.72. The SMILES string of the molecule is COc1ccc(C2/C(=C(\O)c3ccc(Br)cc3)C(=O)C(=O)N2CCCn2ccnc2)cc1. The molecule has 1 saturated heterocycles. The van der Waals surface area contributed by atoms with E-state index >= 15 is 0 Å². The molecule has 1 atom stereocenters. The molecule has 1 aliphatic heterocycles. The van der Waals surface area contributed by atoms with Crippen molar-refractivity contribution in [1.82, 2.24) is 14.5 Å². The fraction of sp³-hybridized carbons (Fsp3) is 0.208. The summed E-state index contributed by atoms with van der Waals surface area (Å²) in [6.07, 6.45) is 5.89. The highest BCUT2D eigenvalue weighted by Gasteiger charge is 2.45. The number of nitrogens with zero attached hydrogens (tertiary/aromatic N) is 3. The van der Waals surface area contributed by atoms with E-state index in [9.17, 15) is 14.7 Å². The average Bonchev–Trinajstić information content (AvgIpc) is 3.41. The maximum atomic E-state index is 13.0. The lowest BCUT2D eigenvalue weighted by atomic mass is 9.95. The first kappa shape index (κ1) is 21.8. The molecule has 3 aromatic rings. The molecule has 2 heterocycles. The predicted molar refractivity (Wildman–Crippen MR) is 123 cm³/mol. The fourth-order valence-corrected chi connectivity index (χ4v) is 4.11. The van der Waals surface area contributed by atoms with Crippen LogP contribution in [0.3, 0.4) is 0 Å². The van der Waals surface area contributed by atoms with E-state index in [1.807, 2.05) is 22.9 Å². The lowest BCUT2D eigenvalue weighted by Crippen LogP contribution is -2.31. The number of aliphatic hydroxyl groups excluding tert-OH is 1. The molecule has 1 fully saturated rings. The number of likely N-dealkylation sites (tertiary alicyclic amines) is 1. The molecule has 1 unspecified atom stereocenters. The van der Waals surface area contributed by atoms with Crippen molar-refractivity contribution >= 4 is 33.4 Å². The number of methoxy groups -OCH3 is 1. The van der Waals surface area contributed by atoms with Crippen molar-refractivity contribution in [3.05, 3.63) is 88.4 Å². The van der Waals surface area contributed by atoms with Crippen molar-refractivity contribution in [1.29, 1.82) is 0 Å². The van der Waals surface area contributed by atoms with E-state index < -0.39 is 17.7 Å². The zero-order valence-corrected chi connectivity index (χ0v) is 19.0. The fourth-order valence-electron chi connectivity index (χ4n) is 3.85. The summed E-state index contributed by atoms with van der Waals surface area (Å²) in [5.74, 6) is -0.823. The van der Waals surface area contributed by atoms with E-state index in [4.69, 9.17) is 4.74 Å². The molecule has 0 aliphatic carbocycles. The second-order valence-corrected chi connectivity index (χ2v) is 8.34. The average molecular weight is 496 g/mol. The Morgan fingerprint density at radius 1 is 1.09 bits per heavy atom. The summed E-state index contributed by atoms with van der Waals surface area (Å²) in [6.45, 7) is 1.02. The molecule has 1 aromatic heterocycles. The molecule has 0 radical (unpaired) electrons. The molecule has 164 valence electrons. The second kappa shape index (κ2) is 9.40. The van der Waals surface area contributed by atoms with Crippen LogP contribution in [0.1, 0.15) is 23.6 Å². The zero-order valence-electron chi connectivity index (χ0n) is 17.4. The van der Waals surface area contributed by atoms with Crippen molar-refractivity contribution in [2.45, 2.75) is 19.0 Å². The third-order valence-electron chi connectivity index (χ3n) is 5.46. The Hall–Kier alpha value is -3.39. The maximum Gasteiger partial charge on any atom is 0.295 e. The number of benzene rings is 2. The number of aryl methyl sites for hydroxylation is 1.